The number of pyridine rings is 1. The van der Waals surface area contributed by atoms with Crippen molar-refractivity contribution < 1.29 is 77.4 Å². The van der Waals surface area contributed by atoms with E-state index < -0.39 is 96.5 Å². The van der Waals surface area contributed by atoms with Crippen LogP contribution in [0.1, 0.15) is 63.5 Å². The number of aromatic nitrogens is 1. The maximum Gasteiger partial charge on any atom is 0.331 e. The number of carbonyl (C=O) groups excluding carboxylic acids is 2. The molecule has 3 saturated heterocycles. The van der Waals surface area contributed by atoms with Crippen molar-refractivity contribution in [3.05, 3.63) is 70.0 Å². The summed E-state index contributed by atoms with van der Waals surface area (Å²) in [5, 5.41) is 48.0. The highest BCUT2D eigenvalue weighted by Gasteiger charge is 2.70. The number of phenolic OH excluding ortho intramolecular Hbond substituents is 1. The Hall–Kier alpha value is -5.68. The largest absolute Gasteiger partial charge is 0.507 e. The van der Waals surface area contributed by atoms with Crippen molar-refractivity contribution >= 4 is 34.2 Å². The summed E-state index contributed by atoms with van der Waals surface area (Å²) < 4.78 is 61.8. The van der Waals surface area contributed by atoms with Crippen LogP contribution in [0.15, 0.2) is 53.6 Å². The van der Waals surface area contributed by atoms with E-state index in [1.54, 1.807) is 38.1 Å². The van der Waals surface area contributed by atoms with Crippen molar-refractivity contribution in [2.75, 3.05) is 28.3 Å². The van der Waals surface area contributed by atoms with Gasteiger partial charge in [0.2, 0.25) is 12.0 Å². The Morgan fingerprint density at radius 1 is 1.01 bits per heavy atom. The molecular formula is C52H58ClN3O16. The summed E-state index contributed by atoms with van der Waals surface area (Å²) in [5.41, 5.74) is -2.40. The topological polar surface area (TPSA) is 239 Å². The normalized spacial score (nSPS) is 34.5. The number of aliphatic hydroxyl groups is 3. The van der Waals surface area contributed by atoms with Crippen molar-refractivity contribution in [2.45, 2.75) is 145 Å². The van der Waals surface area contributed by atoms with E-state index in [1.807, 2.05) is 32.8 Å². The summed E-state index contributed by atoms with van der Waals surface area (Å²) in [6.45, 7) is 8.61. The highest BCUT2D eigenvalue weighted by Crippen LogP contribution is 2.54. The number of aliphatic hydroxyl groups excluding tert-OH is 2. The van der Waals surface area contributed by atoms with Gasteiger partial charge in [-0.1, -0.05) is 35.3 Å². The first kappa shape index (κ1) is 51.2. The lowest BCUT2D eigenvalue weighted by Crippen LogP contribution is -2.57. The zero-order valence-electron chi connectivity index (χ0n) is 41.1. The molecule has 1 amide bonds. The maximum absolute atomic E-state index is 14.8. The number of amides is 1. The fraction of sp³-hybridized carbons (Fsp3) is 0.519. The van der Waals surface area contributed by atoms with Gasteiger partial charge in [-0.3, -0.25) is 4.79 Å². The van der Waals surface area contributed by atoms with E-state index >= 15 is 0 Å². The van der Waals surface area contributed by atoms with Gasteiger partial charge in [0.15, 0.2) is 46.7 Å². The summed E-state index contributed by atoms with van der Waals surface area (Å²) in [4.78, 5) is 35.7. The van der Waals surface area contributed by atoms with Crippen LogP contribution in [0.4, 0.5) is 0 Å². The number of epoxide rings is 1. The van der Waals surface area contributed by atoms with E-state index in [9.17, 15) is 30.0 Å². The first-order chi connectivity index (χ1) is 34.2. The number of halogens is 1. The van der Waals surface area contributed by atoms with Crippen molar-refractivity contribution in [1.82, 2.24) is 15.2 Å². The van der Waals surface area contributed by atoms with Crippen LogP contribution < -0.4 is 24.3 Å². The van der Waals surface area contributed by atoms with Crippen LogP contribution in [0, 0.1) is 23.7 Å². The number of phenols is 1. The number of esters is 1. The number of rotatable bonds is 11. The van der Waals surface area contributed by atoms with Gasteiger partial charge >= 0.3 is 5.97 Å². The number of benzene rings is 2. The second kappa shape index (κ2) is 20.0. The number of aromatic hydroxyl groups is 1. The van der Waals surface area contributed by atoms with Crippen molar-refractivity contribution in [2.24, 2.45) is 0 Å². The molecule has 7 aliphatic rings. The van der Waals surface area contributed by atoms with Gasteiger partial charge in [0.1, 0.15) is 30.1 Å². The number of hydrogen-bond donors (Lipinski definition) is 5. The molecule has 10 rings (SSSR count). The summed E-state index contributed by atoms with van der Waals surface area (Å²) >= 11 is 6.85. The molecule has 2 aliphatic carbocycles. The smallest absolute Gasteiger partial charge is 0.331 e. The van der Waals surface area contributed by atoms with Crippen LogP contribution in [-0.2, 0) is 39.6 Å². The predicted molar refractivity (Wildman–Crippen MR) is 256 cm³/mol. The lowest BCUT2D eigenvalue weighted by atomic mass is 9.88. The second-order valence-electron chi connectivity index (χ2n) is 19.4. The Labute approximate surface area is 421 Å². The van der Waals surface area contributed by atoms with Crippen LogP contribution in [0.2, 0.25) is 5.15 Å². The molecule has 5 bridgehead atoms. The molecule has 3 fully saturated rings. The molecule has 5 aliphatic heterocycles. The molecule has 20 heteroatoms. The van der Waals surface area contributed by atoms with Crippen LogP contribution in [0.3, 0.4) is 0 Å². The fourth-order valence-electron chi connectivity index (χ4n) is 10.1. The molecule has 2 unspecified atom stereocenters. The Kier molecular flexibility index (Phi) is 14.2. The molecule has 2 aromatic carbocycles. The van der Waals surface area contributed by atoms with Crippen molar-refractivity contribution in [1.29, 1.82) is 0 Å². The molecule has 14 atom stereocenters. The fourth-order valence-corrected chi connectivity index (χ4v) is 10.3. The summed E-state index contributed by atoms with van der Waals surface area (Å²) in [5.74, 6) is 11.0. The lowest BCUT2D eigenvalue weighted by Gasteiger charge is -2.43. The number of nitrogens with zero attached hydrogens (tertiary/aromatic N) is 2. The molecule has 384 valence electrons. The van der Waals surface area contributed by atoms with Crippen molar-refractivity contribution in [3.8, 4) is 52.4 Å². The third-order valence-electron chi connectivity index (χ3n) is 13.5. The van der Waals surface area contributed by atoms with Gasteiger partial charge in [-0.05, 0) is 90.5 Å². The Balaban J connectivity index is 1.11. The lowest BCUT2D eigenvalue weighted by molar-refractivity contribution is -0.290. The van der Waals surface area contributed by atoms with Gasteiger partial charge in [0.05, 0.1) is 61.4 Å². The number of carbonyl (C=O) groups is 2. The van der Waals surface area contributed by atoms with E-state index in [4.69, 9.17) is 59.0 Å². The third-order valence-corrected chi connectivity index (χ3v) is 13.8. The quantitative estimate of drug-likeness (QED) is 0.0800. The van der Waals surface area contributed by atoms with E-state index in [1.165, 1.54) is 39.4 Å². The van der Waals surface area contributed by atoms with Crippen LogP contribution >= 0.6 is 11.6 Å². The maximum atomic E-state index is 14.8. The summed E-state index contributed by atoms with van der Waals surface area (Å²) in [6, 6.07) is 5.63. The molecule has 19 nitrogen and oxygen atoms in total. The van der Waals surface area contributed by atoms with E-state index in [2.05, 4.69) is 34.0 Å². The number of methoxy groups -OCH3 is 2. The highest BCUT2D eigenvalue weighted by atomic mass is 35.5. The number of hydrogen-bond acceptors (Lipinski definition) is 18. The van der Waals surface area contributed by atoms with E-state index in [0.717, 1.165) is 0 Å². The van der Waals surface area contributed by atoms with E-state index in [-0.39, 0.29) is 70.6 Å². The number of ether oxygens (including phenoxy) is 10. The zero-order valence-corrected chi connectivity index (χ0v) is 41.9. The van der Waals surface area contributed by atoms with Crippen LogP contribution in [0.25, 0.3) is 10.8 Å². The number of nitrogens with one attached hydrogen (secondary N) is 1. The number of allylic oxidation sites excluding steroid dienone is 1. The van der Waals surface area contributed by atoms with Gasteiger partial charge in [0.25, 0.3) is 5.91 Å². The molecular weight excluding hydrogens is 958 g/mol. The van der Waals surface area contributed by atoms with Gasteiger partial charge in [0, 0.05) is 42.0 Å². The Morgan fingerprint density at radius 3 is 2.44 bits per heavy atom. The minimum Gasteiger partial charge on any atom is -0.507 e. The minimum atomic E-state index is -1.64. The van der Waals surface area contributed by atoms with Gasteiger partial charge in [-0.25, -0.2) is 9.78 Å². The molecule has 0 radical (unpaired) electrons. The standard InChI is InChI=1S/C52H58ClN3O16/c1-24(2)65-37-18-28-17-34(57)32(21-31(28)43(63-8)44(37)64-9)48(60)55-33-20-30-15-16-36(47(53)54-30)68-38-19-29-14-13-27(50(71-49(33)61)70-40-22-35(58)42(56(6)7)25(3)66-40)11-10-12-39-52(29,72-39)46(38)69-41-23-51(5,62)45(59)26(4)67-41/h11,15-19,21,24-26,33,35,38-42,45-46,50,57-59,62H,20,22-23H2,1-9H3,(H,55,60)/b27-11+/t25-,26-,33?,35-,38+,39-,40-,41-,42+,45-,46+,50?,51+,52+/m0/s1. The zero-order chi connectivity index (χ0) is 51.6. The molecule has 1 aromatic heterocycles. The highest BCUT2D eigenvalue weighted by molar-refractivity contribution is 6.30. The SMILES string of the molecule is COc1c(OC(C)C)cc2cc(O)c(C(=O)NC3Cc4ccc(c(Cl)n4)O[C@@H]4C=C5C#C/C(=C\C#C[C@@H]6O[C@]56[C@@H]4O[C@H]4C[C@@](C)(O)[C@@H](O)[C@H](C)O4)C(O[C@H]4C[C@H](O)[C@H](N(C)C)[C@H](C)O4)OC3=O)cc2c1OC. The number of fused-ring (bicyclic) bond motifs is 7. The van der Waals surface area contributed by atoms with Gasteiger partial charge < -0.3 is 78.0 Å². The van der Waals surface area contributed by atoms with Gasteiger partial charge in [-0.15, -0.1) is 0 Å². The first-order valence-electron chi connectivity index (χ1n) is 23.6. The van der Waals surface area contributed by atoms with Crippen LogP contribution in [0.5, 0.6) is 28.7 Å². The molecule has 6 heterocycles. The number of likely N-dealkylation sites (N-methyl/N-ethyl adjacent to an activating group) is 1. The predicted octanol–water partition coefficient (Wildman–Crippen LogP) is 3.47. The molecule has 3 aromatic rings. The molecule has 1 spiro atoms. The second-order valence-corrected chi connectivity index (χ2v) is 19.7. The molecule has 5 N–H and O–H groups in total. The van der Waals surface area contributed by atoms with Crippen molar-refractivity contribution in [3.63, 3.8) is 0 Å². The summed E-state index contributed by atoms with van der Waals surface area (Å²) in [7, 11) is 6.53. The Morgan fingerprint density at radius 2 is 1.76 bits per heavy atom. The monoisotopic (exact) mass is 1020 g/mol. The summed E-state index contributed by atoms with van der Waals surface area (Å²) in [6.07, 6.45) is -7.46. The average molecular weight is 1020 g/mol. The Bertz CT molecular complexity index is 2820. The molecule has 0 saturated carbocycles. The average Bonchev–Trinajstić information content (AvgIpc) is 3.94. The van der Waals surface area contributed by atoms with E-state index in [0.29, 0.717) is 22.1 Å². The van der Waals surface area contributed by atoms with Gasteiger partial charge in [-0.2, -0.15) is 0 Å². The first-order valence-corrected chi connectivity index (χ1v) is 24.0. The van der Waals surface area contributed by atoms with Crippen LogP contribution in [-0.4, -0.2) is 161 Å². The minimum absolute atomic E-state index is 0.0167. The molecule has 72 heavy (non-hydrogen) atoms. The third kappa shape index (κ3) is 9.79.